The monoisotopic (exact) mass is 399 g/mol. The van der Waals surface area contributed by atoms with Gasteiger partial charge >= 0.3 is 6.09 Å². The lowest BCUT2D eigenvalue weighted by molar-refractivity contribution is 0.0915. The molecule has 1 amide bonds. The van der Waals surface area contributed by atoms with E-state index in [9.17, 15) is 4.79 Å². The number of hydrogen-bond acceptors (Lipinski definition) is 3. The van der Waals surface area contributed by atoms with Crippen LogP contribution >= 0.6 is 15.9 Å². The maximum absolute atomic E-state index is 12.5. The van der Waals surface area contributed by atoms with Crippen molar-refractivity contribution in [2.45, 2.75) is 25.5 Å². The van der Waals surface area contributed by atoms with Crippen LogP contribution < -0.4 is 0 Å². The zero-order chi connectivity index (χ0) is 17.2. The summed E-state index contributed by atoms with van der Waals surface area (Å²) in [4.78, 5) is 19.0. The molecule has 3 heterocycles. The fraction of sp³-hybridized carbons (Fsp3) is 0.263. The van der Waals surface area contributed by atoms with Crippen molar-refractivity contribution in [3.8, 4) is 0 Å². The molecule has 0 aliphatic carbocycles. The van der Waals surface area contributed by atoms with Gasteiger partial charge in [-0.15, -0.1) is 0 Å². The molecule has 1 fully saturated rings. The van der Waals surface area contributed by atoms with E-state index < -0.39 is 0 Å². The third kappa shape index (κ3) is 3.26. The lowest BCUT2D eigenvalue weighted by Crippen LogP contribution is -2.31. The fourth-order valence-electron chi connectivity index (χ4n) is 3.25. The molecule has 128 valence electrons. The minimum Gasteiger partial charge on any atom is -0.445 e. The average molecular weight is 400 g/mol. The number of amides is 1. The molecule has 1 atom stereocenters. The molecule has 0 bridgehead atoms. The number of likely N-dealkylation sites (tertiary alicyclic amines) is 1. The van der Waals surface area contributed by atoms with Crippen molar-refractivity contribution in [1.82, 2.24) is 14.3 Å². The Labute approximate surface area is 154 Å². The molecule has 0 radical (unpaired) electrons. The van der Waals surface area contributed by atoms with E-state index in [0.717, 1.165) is 34.3 Å². The van der Waals surface area contributed by atoms with Gasteiger partial charge in [0.15, 0.2) is 0 Å². The highest BCUT2D eigenvalue weighted by molar-refractivity contribution is 9.10. The summed E-state index contributed by atoms with van der Waals surface area (Å²) in [6.45, 7) is 0.993. The van der Waals surface area contributed by atoms with Gasteiger partial charge < -0.3 is 4.74 Å². The first-order chi connectivity index (χ1) is 12.2. The molecule has 0 N–H and O–H groups in total. The summed E-state index contributed by atoms with van der Waals surface area (Å²) in [5.41, 5.74) is 2.76. The highest BCUT2D eigenvalue weighted by Gasteiger charge is 2.32. The van der Waals surface area contributed by atoms with Gasteiger partial charge in [0.2, 0.25) is 0 Å². The molecule has 1 aromatic carbocycles. The molecule has 3 aromatic rings. The predicted molar refractivity (Wildman–Crippen MR) is 98.2 cm³/mol. The Hall–Kier alpha value is -2.34. The molecule has 1 aliphatic heterocycles. The van der Waals surface area contributed by atoms with E-state index in [1.165, 1.54) is 0 Å². The van der Waals surface area contributed by atoms with Gasteiger partial charge in [0, 0.05) is 12.7 Å². The lowest BCUT2D eigenvalue weighted by Gasteiger charge is -2.22. The molecule has 6 heteroatoms. The molecule has 4 rings (SSSR count). The largest absolute Gasteiger partial charge is 0.445 e. The van der Waals surface area contributed by atoms with E-state index >= 15 is 0 Å². The summed E-state index contributed by atoms with van der Waals surface area (Å²) in [6, 6.07) is 15.6. The van der Waals surface area contributed by atoms with Crippen LogP contribution in [0.2, 0.25) is 0 Å². The van der Waals surface area contributed by atoms with Crippen molar-refractivity contribution in [2.24, 2.45) is 0 Å². The molecular weight excluding hydrogens is 382 g/mol. The van der Waals surface area contributed by atoms with Crippen LogP contribution in [-0.2, 0) is 11.3 Å². The fourth-order valence-corrected chi connectivity index (χ4v) is 3.69. The Morgan fingerprint density at radius 3 is 2.84 bits per heavy atom. The van der Waals surface area contributed by atoms with Crippen LogP contribution in [0.3, 0.4) is 0 Å². The summed E-state index contributed by atoms with van der Waals surface area (Å²) in [7, 11) is 0. The van der Waals surface area contributed by atoms with Gasteiger partial charge in [0.05, 0.1) is 16.3 Å². The Kier molecular flexibility index (Phi) is 4.44. The molecule has 0 spiro atoms. The summed E-state index contributed by atoms with van der Waals surface area (Å²) >= 11 is 3.53. The van der Waals surface area contributed by atoms with Crippen LogP contribution in [0.15, 0.2) is 59.3 Å². The minimum atomic E-state index is -0.275. The second kappa shape index (κ2) is 6.88. The van der Waals surface area contributed by atoms with Crippen LogP contribution in [0.25, 0.3) is 5.65 Å². The van der Waals surface area contributed by atoms with E-state index in [4.69, 9.17) is 9.72 Å². The average Bonchev–Trinajstić information content (AvgIpc) is 3.28. The number of aromatic nitrogens is 2. The number of ether oxygens (including phenoxy) is 1. The van der Waals surface area contributed by atoms with Gasteiger partial charge in [-0.05, 0) is 46.5 Å². The van der Waals surface area contributed by atoms with Gasteiger partial charge in [0.1, 0.15) is 12.3 Å². The highest BCUT2D eigenvalue weighted by atomic mass is 79.9. The highest BCUT2D eigenvalue weighted by Crippen LogP contribution is 2.32. The maximum Gasteiger partial charge on any atom is 0.410 e. The number of fused-ring (bicyclic) bond motifs is 1. The van der Waals surface area contributed by atoms with E-state index in [0.29, 0.717) is 13.2 Å². The summed E-state index contributed by atoms with van der Waals surface area (Å²) in [6.07, 6.45) is 3.58. The van der Waals surface area contributed by atoms with Gasteiger partial charge in [-0.3, -0.25) is 9.30 Å². The van der Waals surface area contributed by atoms with E-state index in [1.807, 2.05) is 59.1 Å². The van der Waals surface area contributed by atoms with E-state index in [1.54, 1.807) is 4.90 Å². The van der Waals surface area contributed by atoms with Crippen LogP contribution in [0.1, 0.15) is 30.1 Å². The zero-order valence-electron chi connectivity index (χ0n) is 13.6. The van der Waals surface area contributed by atoms with E-state index in [2.05, 4.69) is 15.9 Å². The first-order valence-corrected chi connectivity index (χ1v) is 9.12. The third-order valence-corrected chi connectivity index (χ3v) is 5.14. The molecule has 0 saturated carbocycles. The number of imidazole rings is 1. The van der Waals surface area contributed by atoms with E-state index in [-0.39, 0.29) is 12.1 Å². The predicted octanol–water partition coefficient (Wildman–Crippen LogP) is 4.57. The molecule has 2 aromatic heterocycles. The molecule has 1 saturated heterocycles. The van der Waals surface area contributed by atoms with Gasteiger partial charge in [-0.1, -0.05) is 36.4 Å². The van der Waals surface area contributed by atoms with Crippen molar-refractivity contribution in [3.63, 3.8) is 0 Å². The number of hydrogen-bond donors (Lipinski definition) is 0. The van der Waals surface area contributed by atoms with Gasteiger partial charge in [0.25, 0.3) is 0 Å². The molecular formula is C19H18BrN3O2. The topological polar surface area (TPSA) is 46.8 Å². The minimum absolute atomic E-state index is 0.0323. The Bertz CT molecular complexity index is 894. The first-order valence-electron chi connectivity index (χ1n) is 8.33. The standard InChI is InChI=1S/C19H18BrN3O2/c20-17-9-4-10-18-21-15(12-23(17)18)16-8-5-11-22(16)19(24)25-13-14-6-2-1-3-7-14/h1-4,6-7,9-10,12,16H,5,8,11,13H2/t16-/m0/s1. The van der Waals surface area contributed by atoms with Crippen molar-refractivity contribution >= 4 is 27.7 Å². The summed E-state index contributed by atoms with van der Waals surface area (Å²) < 4.78 is 8.44. The molecule has 0 unspecified atom stereocenters. The van der Waals surface area contributed by atoms with Gasteiger partial charge in [-0.25, -0.2) is 9.78 Å². The number of carbonyl (C=O) groups is 1. The molecule has 5 nitrogen and oxygen atoms in total. The number of rotatable bonds is 3. The Balaban J connectivity index is 1.51. The number of benzene rings is 1. The van der Waals surface area contributed by atoms with Gasteiger partial charge in [-0.2, -0.15) is 0 Å². The van der Waals surface area contributed by atoms with Crippen LogP contribution in [-0.4, -0.2) is 26.9 Å². The van der Waals surface area contributed by atoms with Crippen LogP contribution in [0.5, 0.6) is 0 Å². The van der Waals surface area contributed by atoms with Crippen molar-refractivity contribution in [1.29, 1.82) is 0 Å². The number of halogens is 1. The summed E-state index contributed by atoms with van der Waals surface area (Å²) in [5.74, 6) is 0. The van der Waals surface area contributed by atoms with Crippen molar-refractivity contribution in [2.75, 3.05) is 6.54 Å². The Morgan fingerprint density at radius 2 is 2.04 bits per heavy atom. The quantitative estimate of drug-likeness (QED) is 0.605. The third-order valence-electron chi connectivity index (χ3n) is 4.49. The van der Waals surface area contributed by atoms with Crippen LogP contribution in [0, 0.1) is 0 Å². The molecule has 25 heavy (non-hydrogen) atoms. The first kappa shape index (κ1) is 16.1. The second-order valence-corrected chi connectivity index (χ2v) is 6.95. The number of nitrogens with zero attached hydrogens (tertiary/aromatic N) is 3. The normalized spacial score (nSPS) is 17.2. The van der Waals surface area contributed by atoms with Crippen molar-refractivity contribution in [3.05, 3.63) is 70.6 Å². The smallest absolute Gasteiger partial charge is 0.410 e. The second-order valence-electron chi connectivity index (χ2n) is 6.13. The number of pyridine rings is 1. The summed E-state index contributed by atoms with van der Waals surface area (Å²) in [5, 5.41) is 0. The maximum atomic E-state index is 12.5. The molecule has 1 aliphatic rings. The number of carbonyl (C=O) groups excluding carboxylic acids is 1. The van der Waals surface area contributed by atoms with Crippen LogP contribution in [0.4, 0.5) is 4.79 Å². The Morgan fingerprint density at radius 1 is 1.20 bits per heavy atom. The van der Waals surface area contributed by atoms with Crippen molar-refractivity contribution < 1.29 is 9.53 Å². The lowest BCUT2D eigenvalue weighted by atomic mass is 10.2. The SMILES string of the molecule is O=C(OCc1ccccc1)N1CCC[C@H]1c1cn2c(Br)cccc2n1. The zero-order valence-corrected chi connectivity index (χ0v) is 15.2.